The van der Waals surface area contributed by atoms with Crippen LogP contribution in [0.3, 0.4) is 0 Å². The van der Waals surface area contributed by atoms with E-state index in [0.717, 1.165) is 12.1 Å². The number of carbonyl (C=O) groups is 1. The van der Waals surface area contributed by atoms with E-state index in [1.807, 2.05) is 0 Å². The molecule has 0 aromatic carbocycles. The molecule has 0 aliphatic heterocycles. The maximum Gasteiger partial charge on any atom is 0.157 e. The maximum absolute atomic E-state index is 10.9. The van der Waals surface area contributed by atoms with E-state index in [9.17, 15) is 4.79 Å². The summed E-state index contributed by atoms with van der Waals surface area (Å²) in [7, 11) is 0. The van der Waals surface area contributed by atoms with Crippen LogP contribution >= 0.6 is 17.0 Å². The van der Waals surface area contributed by atoms with Crippen molar-refractivity contribution in [2.24, 2.45) is 11.1 Å². The molecule has 11 heavy (non-hydrogen) atoms. The maximum atomic E-state index is 10.9. The molecule has 0 aromatic rings. The minimum atomic E-state index is 0. The molecule has 64 valence electrons. The van der Waals surface area contributed by atoms with Crippen molar-refractivity contribution in [1.82, 2.24) is 0 Å². The highest BCUT2D eigenvalue weighted by molar-refractivity contribution is 8.93. The molecule has 0 bridgehead atoms. The molecule has 0 heterocycles. The van der Waals surface area contributed by atoms with Crippen LogP contribution in [-0.4, -0.2) is 5.78 Å². The lowest BCUT2D eigenvalue weighted by atomic mass is 9.79. The lowest BCUT2D eigenvalue weighted by Crippen LogP contribution is -2.24. The molecule has 0 amide bonds. The number of rotatable bonds is 0. The van der Waals surface area contributed by atoms with Gasteiger partial charge >= 0.3 is 0 Å². The third-order valence-corrected chi connectivity index (χ3v) is 1.68. The zero-order valence-electron chi connectivity index (χ0n) is 6.89. The van der Waals surface area contributed by atoms with Crippen molar-refractivity contribution in [3.63, 3.8) is 0 Å². The zero-order chi connectivity index (χ0) is 7.78. The van der Waals surface area contributed by atoms with Crippen LogP contribution in [0, 0.1) is 5.41 Å². The molecule has 0 fully saturated rings. The van der Waals surface area contributed by atoms with Crippen LogP contribution in [-0.2, 0) is 4.79 Å². The third kappa shape index (κ3) is 3.06. The van der Waals surface area contributed by atoms with Gasteiger partial charge in [-0.1, -0.05) is 13.8 Å². The monoisotopic (exact) mass is 219 g/mol. The van der Waals surface area contributed by atoms with Crippen LogP contribution in [0.4, 0.5) is 0 Å². The number of hydrogen-bond donors (Lipinski definition) is 1. The Morgan fingerprint density at radius 3 is 2.36 bits per heavy atom. The van der Waals surface area contributed by atoms with Gasteiger partial charge in [-0.3, -0.25) is 4.79 Å². The first-order valence-electron chi connectivity index (χ1n) is 3.48. The smallest absolute Gasteiger partial charge is 0.157 e. The van der Waals surface area contributed by atoms with Crippen LogP contribution in [0.2, 0.25) is 0 Å². The topological polar surface area (TPSA) is 43.1 Å². The van der Waals surface area contributed by atoms with Gasteiger partial charge < -0.3 is 5.73 Å². The molecule has 0 unspecified atom stereocenters. The highest BCUT2D eigenvalue weighted by Crippen LogP contribution is 2.31. The number of ketones is 1. The van der Waals surface area contributed by atoms with Gasteiger partial charge in [0.15, 0.2) is 5.78 Å². The first kappa shape index (κ1) is 10.7. The Labute approximate surface area is 77.6 Å². The van der Waals surface area contributed by atoms with E-state index in [4.69, 9.17) is 5.73 Å². The van der Waals surface area contributed by atoms with Gasteiger partial charge in [0.05, 0.1) is 0 Å². The third-order valence-electron chi connectivity index (χ3n) is 1.68. The minimum Gasteiger partial charge on any atom is -0.402 e. The number of carbonyl (C=O) groups excluding carboxylic acids is 1. The molecular formula is C8H14BrNO. The van der Waals surface area contributed by atoms with E-state index in [0.29, 0.717) is 6.42 Å². The largest absolute Gasteiger partial charge is 0.402 e. The van der Waals surface area contributed by atoms with Gasteiger partial charge in [0.2, 0.25) is 0 Å². The summed E-state index contributed by atoms with van der Waals surface area (Å²) in [5.41, 5.74) is 6.34. The Kier molecular flexibility index (Phi) is 3.30. The molecule has 0 atom stereocenters. The Morgan fingerprint density at radius 1 is 1.45 bits per heavy atom. The number of hydrogen-bond acceptors (Lipinski definition) is 2. The molecule has 0 spiro atoms. The van der Waals surface area contributed by atoms with E-state index in [1.54, 1.807) is 6.08 Å². The Bertz CT molecular complexity index is 196. The minimum absolute atomic E-state index is 0. The highest BCUT2D eigenvalue weighted by atomic mass is 79.9. The normalized spacial score (nSPS) is 22.0. The highest BCUT2D eigenvalue weighted by Gasteiger charge is 2.25. The number of nitrogens with two attached hydrogens (primary N) is 1. The lowest BCUT2D eigenvalue weighted by Gasteiger charge is -2.26. The first-order valence-corrected chi connectivity index (χ1v) is 3.48. The van der Waals surface area contributed by atoms with Crippen molar-refractivity contribution in [2.45, 2.75) is 26.7 Å². The molecule has 1 aliphatic rings. The number of halogens is 1. The van der Waals surface area contributed by atoms with Crippen LogP contribution in [0.1, 0.15) is 26.7 Å². The SMILES string of the molecule is Br.CC1(C)CC(=O)C=C(N)C1. The van der Waals surface area contributed by atoms with Crippen molar-refractivity contribution in [2.75, 3.05) is 0 Å². The summed E-state index contributed by atoms with van der Waals surface area (Å²) >= 11 is 0. The van der Waals surface area contributed by atoms with Gasteiger partial charge in [-0.25, -0.2) is 0 Å². The second-order valence-electron chi connectivity index (χ2n) is 3.70. The van der Waals surface area contributed by atoms with Crippen molar-refractivity contribution >= 4 is 22.8 Å². The summed E-state index contributed by atoms with van der Waals surface area (Å²) in [5.74, 6) is 0.161. The van der Waals surface area contributed by atoms with Gasteiger partial charge in [0, 0.05) is 12.1 Å². The Morgan fingerprint density at radius 2 is 2.00 bits per heavy atom. The molecule has 2 N–H and O–H groups in total. The summed E-state index contributed by atoms with van der Waals surface area (Å²) in [6, 6.07) is 0. The van der Waals surface area contributed by atoms with Gasteiger partial charge in [-0.05, 0) is 17.9 Å². The fourth-order valence-electron chi connectivity index (χ4n) is 1.40. The van der Waals surface area contributed by atoms with E-state index >= 15 is 0 Å². The van der Waals surface area contributed by atoms with Gasteiger partial charge in [0.25, 0.3) is 0 Å². The predicted octanol–water partition coefficient (Wildman–Crippen LogP) is 1.80. The van der Waals surface area contributed by atoms with Crippen molar-refractivity contribution in [3.8, 4) is 0 Å². The lowest BCUT2D eigenvalue weighted by molar-refractivity contribution is -0.117. The summed E-state index contributed by atoms with van der Waals surface area (Å²) in [6.45, 7) is 4.12. The summed E-state index contributed by atoms with van der Waals surface area (Å²) < 4.78 is 0. The quantitative estimate of drug-likeness (QED) is 0.676. The molecule has 0 radical (unpaired) electrons. The molecule has 0 saturated carbocycles. The van der Waals surface area contributed by atoms with E-state index < -0.39 is 0 Å². The molecule has 0 aromatic heterocycles. The van der Waals surface area contributed by atoms with E-state index in [2.05, 4.69) is 13.8 Å². The molecular weight excluding hydrogens is 206 g/mol. The average Bonchev–Trinajstić information content (AvgIpc) is 1.54. The summed E-state index contributed by atoms with van der Waals surface area (Å²) in [6.07, 6.45) is 3.03. The van der Waals surface area contributed by atoms with Crippen LogP contribution in [0.25, 0.3) is 0 Å². The van der Waals surface area contributed by atoms with Crippen molar-refractivity contribution in [1.29, 1.82) is 0 Å². The standard InChI is InChI=1S/C8H13NO.BrH/c1-8(2)4-6(9)3-7(10)5-8;/h3H,4-5,9H2,1-2H3;1H. The first-order chi connectivity index (χ1) is 4.49. The summed E-state index contributed by atoms with van der Waals surface area (Å²) in [5, 5.41) is 0. The van der Waals surface area contributed by atoms with E-state index in [-0.39, 0.29) is 28.2 Å². The summed E-state index contributed by atoms with van der Waals surface area (Å²) in [4.78, 5) is 10.9. The molecule has 1 aliphatic carbocycles. The predicted molar refractivity (Wildman–Crippen MR) is 50.6 cm³/mol. The Balaban J connectivity index is 0.000001000. The molecule has 3 heteroatoms. The van der Waals surface area contributed by atoms with Crippen molar-refractivity contribution in [3.05, 3.63) is 11.8 Å². The van der Waals surface area contributed by atoms with Crippen LogP contribution in [0.5, 0.6) is 0 Å². The van der Waals surface area contributed by atoms with Gasteiger partial charge in [0.1, 0.15) is 0 Å². The van der Waals surface area contributed by atoms with E-state index in [1.165, 1.54) is 0 Å². The zero-order valence-corrected chi connectivity index (χ0v) is 8.60. The second kappa shape index (κ2) is 3.39. The second-order valence-corrected chi connectivity index (χ2v) is 3.70. The van der Waals surface area contributed by atoms with Gasteiger partial charge in [-0.15, -0.1) is 17.0 Å². The molecule has 1 rings (SSSR count). The molecule has 0 saturated heterocycles. The fourth-order valence-corrected chi connectivity index (χ4v) is 1.40. The Hall–Kier alpha value is -0.310. The van der Waals surface area contributed by atoms with Crippen LogP contribution in [0.15, 0.2) is 11.8 Å². The average molecular weight is 220 g/mol. The molecule has 2 nitrogen and oxygen atoms in total. The van der Waals surface area contributed by atoms with Gasteiger partial charge in [-0.2, -0.15) is 0 Å². The fraction of sp³-hybridized carbons (Fsp3) is 0.625. The number of allylic oxidation sites excluding steroid dienone is 2. The van der Waals surface area contributed by atoms with Crippen LogP contribution < -0.4 is 5.73 Å². The van der Waals surface area contributed by atoms with Crippen molar-refractivity contribution < 1.29 is 4.79 Å².